The van der Waals surface area contributed by atoms with Crippen molar-refractivity contribution in [2.24, 2.45) is 0 Å². The van der Waals surface area contributed by atoms with Crippen LogP contribution in [0.1, 0.15) is 37.7 Å². The summed E-state index contributed by atoms with van der Waals surface area (Å²) in [5.74, 6) is 0. The summed E-state index contributed by atoms with van der Waals surface area (Å²) in [6, 6.07) is 9.33. The van der Waals surface area contributed by atoms with Crippen molar-refractivity contribution < 1.29 is 0 Å². The van der Waals surface area contributed by atoms with E-state index in [9.17, 15) is 0 Å². The molecular formula is C13H19BrClN. The van der Waals surface area contributed by atoms with Crippen molar-refractivity contribution in [3.8, 4) is 0 Å². The van der Waals surface area contributed by atoms with Crippen LogP contribution in [0.2, 0.25) is 0 Å². The van der Waals surface area contributed by atoms with Crippen LogP contribution in [0.5, 0.6) is 0 Å². The van der Waals surface area contributed by atoms with Gasteiger partial charge in [0.2, 0.25) is 0 Å². The number of hydrogen-bond donors (Lipinski definition) is 1. The molecule has 0 radical (unpaired) electrons. The minimum absolute atomic E-state index is 0. The second-order valence-electron chi connectivity index (χ2n) is 4.34. The molecule has 0 saturated heterocycles. The molecule has 1 saturated carbocycles. The minimum atomic E-state index is 0. The van der Waals surface area contributed by atoms with Crippen LogP contribution in [0, 0.1) is 0 Å². The molecule has 0 atom stereocenters. The first-order chi connectivity index (χ1) is 7.34. The summed E-state index contributed by atoms with van der Waals surface area (Å²) in [6.45, 7) is 1.01. The Bertz CT molecular complexity index is 293. The maximum absolute atomic E-state index is 3.64. The third-order valence-corrected chi connectivity index (χ3v) is 3.64. The van der Waals surface area contributed by atoms with Crippen molar-refractivity contribution in [3.05, 3.63) is 34.3 Å². The van der Waals surface area contributed by atoms with Crippen molar-refractivity contribution in [2.75, 3.05) is 0 Å². The van der Waals surface area contributed by atoms with Gasteiger partial charge in [0.15, 0.2) is 0 Å². The zero-order chi connectivity index (χ0) is 10.5. The zero-order valence-corrected chi connectivity index (χ0v) is 11.8. The molecule has 0 spiro atoms. The molecule has 0 heterocycles. The van der Waals surface area contributed by atoms with Gasteiger partial charge in [-0.15, -0.1) is 12.4 Å². The third kappa shape index (κ3) is 4.44. The van der Waals surface area contributed by atoms with Gasteiger partial charge < -0.3 is 5.32 Å². The average molecular weight is 305 g/mol. The third-order valence-electron chi connectivity index (χ3n) is 3.11. The largest absolute Gasteiger partial charge is 0.310 e. The number of halogens is 2. The first-order valence-electron chi connectivity index (χ1n) is 5.82. The predicted molar refractivity (Wildman–Crippen MR) is 75.1 cm³/mol. The quantitative estimate of drug-likeness (QED) is 0.878. The van der Waals surface area contributed by atoms with E-state index < -0.39 is 0 Å². The van der Waals surface area contributed by atoms with Crippen LogP contribution in [0.25, 0.3) is 0 Å². The van der Waals surface area contributed by atoms with Crippen molar-refractivity contribution in [2.45, 2.75) is 44.7 Å². The number of rotatable bonds is 3. The van der Waals surface area contributed by atoms with Gasteiger partial charge in [0.05, 0.1) is 0 Å². The Labute approximate surface area is 113 Å². The van der Waals surface area contributed by atoms with Gasteiger partial charge in [0.25, 0.3) is 0 Å². The highest BCUT2D eigenvalue weighted by Gasteiger charge is 2.11. The Hall–Kier alpha value is -0.0500. The summed E-state index contributed by atoms with van der Waals surface area (Å²) in [7, 11) is 0. The van der Waals surface area contributed by atoms with Crippen molar-refractivity contribution in [1.82, 2.24) is 5.32 Å². The number of nitrogens with one attached hydrogen (secondary N) is 1. The van der Waals surface area contributed by atoms with Crippen LogP contribution in [-0.2, 0) is 6.54 Å². The first kappa shape index (κ1) is 14.0. The Morgan fingerprint density at radius 2 is 1.69 bits per heavy atom. The summed E-state index contributed by atoms with van der Waals surface area (Å²) in [5, 5.41) is 3.64. The lowest BCUT2D eigenvalue weighted by molar-refractivity contribution is 0.372. The molecule has 3 heteroatoms. The van der Waals surface area contributed by atoms with Crippen LogP contribution in [0.4, 0.5) is 0 Å². The molecule has 0 aliphatic heterocycles. The van der Waals surface area contributed by atoms with Crippen LogP contribution < -0.4 is 5.32 Å². The lowest BCUT2D eigenvalue weighted by atomic mass is 9.95. The molecule has 1 aromatic rings. The predicted octanol–water partition coefficient (Wildman–Crippen LogP) is 4.29. The topological polar surface area (TPSA) is 12.0 Å². The molecule has 1 aromatic carbocycles. The zero-order valence-electron chi connectivity index (χ0n) is 9.42. The van der Waals surface area contributed by atoms with Crippen LogP contribution in [0.3, 0.4) is 0 Å². The van der Waals surface area contributed by atoms with Gasteiger partial charge in [-0.05, 0) is 30.5 Å². The highest BCUT2D eigenvalue weighted by Crippen LogP contribution is 2.18. The second-order valence-corrected chi connectivity index (χ2v) is 5.26. The molecule has 1 N–H and O–H groups in total. The Balaban J connectivity index is 0.00000128. The summed E-state index contributed by atoms with van der Waals surface area (Å²) in [4.78, 5) is 0. The minimum Gasteiger partial charge on any atom is -0.310 e. The SMILES string of the molecule is Brc1ccc(CNC2CCCCC2)cc1.Cl. The molecule has 1 nitrogen and oxygen atoms in total. The van der Waals surface area contributed by atoms with Crippen LogP contribution in [-0.4, -0.2) is 6.04 Å². The molecule has 0 bridgehead atoms. The Morgan fingerprint density at radius 3 is 2.31 bits per heavy atom. The second kappa shape index (κ2) is 7.31. The molecule has 1 aliphatic rings. The van der Waals surface area contributed by atoms with Gasteiger partial charge in [-0.2, -0.15) is 0 Å². The molecule has 90 valence electrons. The van der Waals surface area contributed by atoms with Gasteiger partial charge >= 0.3 is 0 Å². The van der Waals surface area contributed by atoms with Gasteiger partial charge in [-0.1, -0.05) is 47.3 Å². The van der Waals surface area contributed by atoms with E-state index in [2.05, 4.69) is 45.5 Å². The molecule has 0 unspecified atom stereocenters. The summed E-state index contributed by atoms with van der Waals surface area (Å²) < 4.78 is 1.16. The fourth-order valence-corrected chi connectivity index (χ4v) is 2.44. The molecule has 0 aromatic heterocycles. The van der Waals surface area contributed by atoms with Crippen LogP contribution in [0.15, 0.2) is 28.7 Å². The average Bonchev–Trinajstić information content (AvgIpc) is 2.30. The molecular weight excluding hydrogens is 286 g/mol. The monoisotopic (exact) mass is 303 g/mol. The normalized spacial score (nSPS) is 16.8. The van der Waals surface area contributed by atoms with E-state index >= 15 is 0 Å². The molecule has 16 heavy (non-hydrogen) atoms. The molecule has 2 rings (SSSR count). The fourth-order valence-electron chi connectivity index (χ4n) is 2.17. The van der Waals surface area contributed by atoms with Gasteiger partial charge in [0.1, 0.15) is 0 Å². The number of hydrogen-bond acceptors (Lipinski definition) is 1. The smallest absolute Gasteiger partial charge is 0.0208 e. The number of benzene rings is 1. The lowest BCUT2D eigenvalue weighted by Gasteiger charge is -2.22. The van der Waals surface area contributed by atoms with E-state index in [4.69, 9.17) is 0 Å². The summed E-state index contributed by atoms with van der Waals surface area (Å²) in [6.07, 6.45) is 6.94. The van der Waals surface area contributed by atoms with Gasteiger partial charge in [0, 0.05) is 17.1 Å². The standard InChI is InChI=1S/C13H18BrN.ClH/c14-12-8-6-11(7-9-12)10-15-13-4-2-1-3-5-13;/h6-9,13,15H,1-5,10H2;1H. The van der Waals surface area contributed by atoms with E-state index in [0.29, 0.717) is 0 Å². The van der Waals surface area contributed by atoms with E-state index in [-0.39, 0.29) is 12.4 Å². The van der Waals surface area contributed by atoms with Gasteiger partial charge in [-0.25, -0.2) is 0 Å². The molecule has 0 amide bonds. The fraction of sp³-hybridized carbons (Fsp3) is 0.538. The van der Waals surface area contributed by atoms with E-state index in [1.165, 1.54) is 37.7 Å². The van der Waals surface area contributed by atoms with Gasteiger partial charge in [-0.3, -0.25) is 0 Å². The Kier molecular flexibility index (Phi) is 6.40. The van der Waals surface area contributed by atoms with E-state index in [0.717, 1.165) is 17.1 Å². The van der Waals surface area contributed by atoms with Crippen molar-refractivity contribution >= 4 is 28.3 Å². The molecule has 1 fully saturated rings. The van der Waals surface area contributed by atoms with E-state index in [1.54, 1.807) is 0 Å². The van der Waals surface area contributed by atoms with Crippen molar-refractivity contribution in [1.29, 1.82) is 0 Å². The maximum atomic E-state index is 3.64. The lowest BCUT2D eigenvalue weighted by Crippen LogP contribution is -2.30. The highest BCUT2D eigenvalue weighted by atomic mass is 79.9. The maximum Gasteiger partial charge on any atom is 0.0208 e. The van der Waals surface area contributed by atoms with Crippen LogP contribution >= 0.6 is 28.3 Å². The first-order valence-corrected chi connectivity index (χ1v) is 6.62. The van der Waals surface area contributed by atoms with E-state index in [1.807, 2.05) is 0 Å². The summed E-state index contributed by atoms with van der Waals surface area (Å²) in [5.41, 5.74) is 1.38. The summed E-state index contributed by atoms with van der Waals surface area (Å²) >= 11 is 3.45. The highest BCUT2D eigenvalue weighted by molar-refractivity contribution is 9.10. The molecule has 1 aliphatic carbocycles. The van der Waals surface area contributed by atoms with Crippen molar-refractivity contribution in [3.63, 3.8) is 0 Å². The Morgan fingerprint density at radius 1 is 1.06 bits per heavy atom.